The van der Waals surface area contributed by atoms with E-state index in [1.165, 1.54) is 24.3 Å². The number of hydrogen-bond acceptors (Lipinski definition) is 4. The average molecular weight is 416 g/mol. The van der Waals surface area contributed by atoms with Gasteiger partial charge in [0.2, 0.25) is 0 Å². The standard InChI is InChI=1S/2C12H13FO2/c2*1-2-15-12(14)11-7-10(11)8-3-5-9(13)6-4-8/h2*3-6,10-11H,2,7H2,1H3/t2*10-,11+/m10/s1. The van der Waals surface area contributed by atoms with Crippen molar-refractivity contribution in [3.05, 3.63) is 71.3 Å². The van der Waals surface area contributed by atoms with E-state index in [1.54, 1.807) is 38.1 Å². The summed E-state index contributed by atoms with van der Waals surface area (Å²) in [5.74, 6) is -0.335. The summed E-state index contributed by atoms with van der Waals surface area (Å²) < 4.78 is 35.2. The highest BCUT2D eigenvalue weighted by atomic mass is 19.1. The molecule has 0 unspecified atom stereocenters. The number of ether oxygens (including phenoxy) is 2. The molecule has 0 spiro atoms. The second kappa shape index (κ2) is 9.83. The molecule has 0 N–H and O–H groups in total. The van der Waals surface area contributed by atoms with E-state index in [2.05, 4.69) is 0 Å². The molecule has 0 aliphatic heterocycles. The molecule has 4 nitrogen and oxygen atoms in total. The first-order valence-electron chi connectivity index (χ1n) is 10.3. The number of halogens is 2. The van der Waals surface area contributed by atoms with Crippen LogP contribution in [0.3, 0.4) is 0 Å². The fraction of sp³-hybridized carbons (Fsp3) is 0.417. The van der Waals surface area contributed by atoms with E-state index in [0.717, 1.165) is 24.0 Å². The van der Waals surface area contributed by atoms with Crippen LogP contribution in [0.15, 0.2) is 48.5 Å². The minimum absolute atomic E-state index is 0.0181. The topological polar surface area (TPSA) is 52.6 Å². The molecule has 4 rings (SSSR count). The molecule has 0 amide bonds. The van der Waals surface area contributed by atoms with Crippen molar-refractivity contribution in [2.45, 2.75) is 38.5 Å². The lowest BCUT2D eigenvalue weighted by atomic mass is 10.1. The van der Waals surface area contributed by atoms with Crippen LogP contribution in [-0.4, -0.2) is 25.2 Å². The van der Waals surface area contributed by atoms with Crippen molar-refractivity contribution >= 4 is 11.9 Å². The maximum absolute atomic E-state index is 12.7. The van der Waals surface area contributed by atoms with Gasteiger partial charge in [-0.2, -0.15) is 0 Å². The first-order chi connectivity index (χ1) is 14.4. The molecule has 2 fully saturated rings. The second-order valence-electron chi connectivity index (χ2n) is 7.50. The molecule has 2 aliphatic carbocycles. The Morgan fingerprint density at radius 2 is 1.07 bits per heavy atom. The Morgan fingerprint density at radius 1 is 0.733 bits per heavy atom. The number of rotatable bonds is 6. The molecular weight excluding hydrogens is 390 g/mol. The summed E-state index contributed by atoms with van der Waals surface area (Å²) in [7, 11) is 0. The van der Waals surface area contributed by atoms with Crippen LogP contribution in [0.5, 0.6) is 0 Å². The maximum Gasteiger partial charge on any atom is 0.309 e. The second-order valence-corrected chi connectivity index (χ2v) is 7.50. The fourth-order valence-electron chi connectivity index (χ4n) is 3.57. The minimum atomic E-state index is -0.243. The Morgan fingerprint density at radius 3 is 1.37 bits per heavy atom. The third-order valence-corrected chi connectivity index (χ3v) is 5.36. The molecule has 2 aromatic carbocycles. The van der Waals surface area contributed by atoms with Gasteiger partial charge in [0.15, 0.2) is 0 Å². The van der Waals surface area contributed by atoms with Crippen LogP contribution >= 0.6 is 0 Å². The van der Waals surface area contributed by atoms with Crippen molar-refractivity contribution in [1.29, 1.82) is 0 Å². The van der Waals surface area contributed by atoms with Gasteiger partial charge in [-0.25, -0.2) is 8.78 Å². The first kappa shape index (κ1) is 21.9. The molecule has 0 heterocycles. The Hall–Kier alpha value is -2.76. The number of benzene rings is 2. The summed E-state index contributed by atoms with van der Waals surface area (Å²) in [5.41, 5.74) is 2.05. The molecule has 6 heteroatoms. The number of esters is 2. The first-order valence-corrected chi connectivity index (χ1v) is 10.3. The van der Waals surface area contributed by atoms with Crippen molar-refractivity contribution < 1.29 is 27.8 Å². The summed E-state index contributed by atoms with van der Waals surface area (Å²) in [5, 5.41) is 0. The molecule has 2 aliphatic rings. The zero-order chi connectivity index (χ0) is 21.7. The Labute approximate surface area is 175 Å². The Kier molecular flexibility index (Phi) is 7.19. The van der Waals surface area contributed by atoms with Crippen LogP contribution in [0.2, 0.25) is 0 Å². The van der Waals surface area contributed by atoms with Gasteiger partial charge in [0.25, 0.3) is 0 Å². The third-order valence-electron chi connectivity index (χ3n) is 5.36. The van der Waals surface area contributed by atoms with E-state index in [0.29, 0.717) is 13.2 Å². The SMILES string of the molecule is CCOC(=O)[C@@H]1C[C@H]1c1ccc(F)cc1.CCOC(=O)[C@H]1C[C@@H]1c1ccc(F)cc1. The molecule has 0 bridgehead atoms. The van der Waals surface area contributed by atoms with Crippen molar-refractivity contribution in [3.63, 3.8) is 0 Å². The zero-order valence-electron chi connectivity index (χ0n) is 17.1. The molecule has 160 valence electrons. The van der Waals surface area contributed by atoms with Gasteiger partial charge >= 0.3 is 11.9 Å². The Bertz CT molecular complexity index is 790. The van der Waals surface area contributed by atoms with Crippen molar-refractivity contribution in [3.8, 4) is 0 Å². The summed E-state index contributed by atoms with van der Waals surface area (Å²) in [6, 6.07) is 12.6. The molecular formula is C24H26F2O4. The molecule has 0 aromatic heterocycles. The lowest BCUT2D eigenvalue weighted by molar-refractivity contribution is -0.145. The van der Waals surface area contributed by atoms with Crippen molar-refractivity contribution in [1.82, 2.24) is 0 Å². The minimum Gasteiger partial charge on any atom is -0.466 e. The van der Waals surface area contributed by atoms with E-state index in [4.69, 9.17) is 9.47 Å². The Balaban J connectivity index is 0.000000171. The molecule has 4 atom stereocenters. The average Bonchev–Trinajstić information content (AvgIpc) is 3.63. The van der Waals surface area contributed by atoms with Crippen molar-refractivity contribution in [2.75, 3.05) is 13.2 Å². The quantitative estimate of drug-likeness (QED) is 0.623. The molecule has 0 saturated heterocycles. The van der Waals surface area contributed by atoms with Crippen LogP contribution in [-0.2, 0) is 19.1 Å². The van der Waals surface area contributed by atoms with E-state index >= 15 is 0 Å². The van der Waals surface area contributed by atoms with Crippen LogP contribution in [0.25, 0.3) is 0 Å². The monoisotopic (exact) mass is 416 g/mol. The predicted molar refractivity (Wildman–Crippen MR) is 108 cm³/mol. The summed E-state index contributed by atoms with van der Waals surface area (Å²) in [6.07, 6.45) is 1.65. The van der Waals surface area contributed by atoms with E-state index in [1.807, 2.05) is 0 Å². The van der Waals surface area contributed by atoms with Gasteiger partial charge in [-0.15, -0.1) is 0 Å². The van der Waals surface area contributed by atoms with Gasteiger partial charge < -0.3 is 9.47 Å². The number of hydrogen-bond donors (Lipinski definition) is 0. The van der Waals surface area contributed by atoms with Gasteiger partial charge in [-0.3, -0.25) is 9.59 Å². The van der Waals surface area contributed by atoms with Crippen LogP contribution in [0.4, 0.5) is 8.78 Å². The van der Waals surface area contributed by atoms with Crippen LogP contribution in [0.1, 0.15) is 49.7 Å². The normalized spacial score (nSPS) is 23.6. The highest BCUT2D eigenvalue weighted by molar-refractivity contribution is 5.77. The smallest absolute Gasteiger partial charge is 0.309 e. The number of carbonyl (C=O) groups excluding carboxylic acids is 2. The zero-order valence-corrected chi connectivity index (χ0v) is 17.1. The van der Waals surface area contributed by atoms with Crippen LogP contribution < -0.4 is 0 Å². The summed E-state index contributed by atoms with van der Waals surface area (Å²) in [6.45, 7) is 4.44. The molecule has 2 aromatic rings. The van der Waals surface area contributed by atoms with E-state index in [9.17, 15) is 18.4 Å². The van der Waals surface area contributed by atoms with Gasteiger partial charge in [-0.05, 0) is 73.9 Å². The predicted octanol–water partition coefficient (Wildman–Crippen LogP) is 4.98. The molecule has 30 heavy (non-hydrogen) atoms. The lowest BCUT2D eigenvalue weighted by Crippen LogP contribution is -2.07. The summed E-state index contributed by atoms with van der Waals surface area (Å²) >= 11 is 0. The van der Waals surface area contributed by atoms with Gasteiger partial charge in [-0.1, -0.05) is 24.3 Å². The fourth-order valence-corrected chi connectivity index (χ4v) is 3.57. The number of carbonyl (C=O) groups is 2. The van der Waals surface area contributed by atoms with Gasteiger partial charge in [0.1, 0.15) is 11.6 Å². The maximum atomic E-state index is 12.7. The highest BCUT2D eigenvalue weighted by Gasteiger charge is 2.45. The largest absolute Gasteiger partial charge is 0.466 e. The van der Waals surface area contributed by atoms with E-state index < -0.39 is 0 Å². The summed E-state index contributed by atoms with van der Waals surface area (Å²) in [4.78, 5) is 22.7. The van der Waals surface area contributed by atoms with Crippen molar-refractivity contribution in [2.24, 2.45) is 11.8 Å². The van der Waals surface area contributed by atoms with Gasteiger partial charge in [0.05, 0.1) is 25.0 Å². The highest BCUT2D eigenvalue weighted by Crippen LogP contribution is 2.48. The molecule has 0 radical (unpaired) electrons. The lowest BCUT2D eigenvalue weighted by Gasteiger charge is -2.01. The van der Waals surface area contributed by atoms with E-state index in [-0.39, 0.29) is 47.2 Å². The molecule has 2 saturated carbocycles. The van der Waals surface area contributed by atoms with Gasteiger partial charge in [0, 0.05) is 0 Å². The van der Waals surface area contributed by atoms with Crippen LogP contribution in [0, 0.1) is 23.5 Å². The third kappa shape index (κ3) is 5.65.